The van der Waals surface area contributed by atoms with E-state index in [1.54, 1.807) is 0 Å². The lowest BCUT2D eigenvalue weighted by molar-refractivity contribution is -0.00000353. The van der Waals surface area contributed by atoms with Gasteiger partial charge < -0.3 is 17.0 Å². The van der Waals surface area contributed by atoms with Gasteiger partial charge in [0.2, 0.25) is 0 Å². The molecular weight excluding hydrogens is 291 g/mol. The highest BCUT2D eigenvalue weighted by Gasteiger charge is 2.31. The second-order valence-corrected chi connectivity index (χ2v) is 9.29. The minimum atomic E-state index is -0.725. The zero-order chi connectivity index (χ0) is 12.0. The van der Waals surface area contributed by atoms with Crippen LogP contribution in [0.1, 0.15) is 31.9 Å². The van der Waals surface area contributed by atoms with Crippen molar-refractivity contribution in [2.24, 2.45) is 0 Å². The highest BCUT2D eigenvalue weighted by molar-refractivity contribution is 7.75. The van der Waals surface area contributed by atoms with Crippen LogP contribution in [0, 0.1) is 0 Å². The minimum absolute atomic E-state index is 0. The zero-order valence-electron chi connectivity index (χ0n) is 11.2. The number of halogens is 1. The molecule has 0 aliphatic rings. The van der Waals surface area contributed by atoms with Gasteiger partial charge in [-0.1, -0.05) is 30.9 Å². The molecule has 1 aromatic carbocycles. The number of hydrogen-bond acceptors (Lipinski definition) is 0. The first-order chi connectivity index (χ1) is 7.69. The van der Waals surface area contributed by atoms with Crippen LogP contribution in [0.4, 0.5) is 0 Å². The van der Waals surface area contributed by atoms with Gasteiger partial charge in [-0.2, -0.15) is 0 Å². The van der Waals surface area contributed by atoms with E-state index in [0.717, 1.165) is 0 Å². The van der Waals surface area contributed by atoms with Crippen LogP contribution in [-0.2, 0) is 6.16 Å². The Balaban J connectivity index is 0.00000256. The topological polar surface area (TPSA) is 0 Å². The zero-order valence-corrected chi connectivity index (χ0v) is 13.7. The van der Waals surface area contributed by atoms with Crippen LogP contribution in [0.5, 0.6) is 0 Å². The molecule has 1 aromatic rings. The normalized spacial score (nSPS) is 10.8. The van der Waals surface area contributed by atoms with Gasteiger partial charge in [0.1, 0.15) is 0 Å². The van der Waals surface area contributed by atoms with E-state index in [2.05, 4.69) is 51.6 Å². The molecule has 0 saturated carbocycles. The van der Waals surface area contributed by atoms with Crippen molar-refractivity contribution in [2.45, 2.75) is 26.9 Å². The second-order valence-electron chi connectivity index (χ2n) is 4.40. The van der Waals surface area contributed by atoms with Crippen LogP contribution in [0.25, 0.3) is 6.08 Å². The smallest absolute Gasteiger partial charge is 0.0842 e. The lowest BCUT2D eigenvalue weighted by atomic mass is 10.1. The molecule has 2 heteroatoms. The van der Waals surface area contributed by atoms with E-state index in [9.17, 15) is 0 Å². The van der Waals surface area contributed by atoms with Gasteiger partial charge in [0.15, 0.2) is 0 Å². The maximum atomic E-state index is 3.84. The fourth-order valence-corrected chi connectivity index (χ4v) is 5.20. The van der Waals surface area contributed by atoms with E-state index < -0.39 is 7.26 Å². The Hall–Kier alpha value is -0.130. The molecule has 0 fully saturated rings. The lowest BCUT2D eigenvalue weighted by Gasteiger charge is -2.23. The third-order valence-electron chi connectivity index (χ3n) is 3.72. The summed E-state index contributed by atoms with van der Waals surface area (Å²) in [4.78, 5) is 0. The molecule has 96 valence electrons. The molecular formula is C15H24BrP. The molecule has 0 unspecified atom stereocenters. The maximum Gasteiger partial charge on any atom is 0.0842 e. The SMILES string of the molecule is C=Cc1cccc(C[P+](CC)(CC)CC)c1.[Br-]. The molecule has 0 saturated heterocycles. The van der Waals surface area contributed by atoms with Crippen molar-refractivity contribution in [3.8, 4) is 0 Å². The summed E-state index contributed by atoms with van der Waals surface area (Å²) >= 11 is 0. The van der Waals surface area contributed by atoms with Gasteiger partial charge in [-0.3, -0.25) is 0 Å². The summed E-state index contributed by atoms with van der Waals surface area (Å²) in [6, 6.07) is 8.84. The van der Waals surface area contributed by atoms with Crippen LogP contribution in [0.15, 0.2) is 30.8 Å². The van der Waals surface area contributed by atoms with Crippen molar-refractivity contribution in [3.63, 3.8) is 0 Å². The molecule has 0 nitrogen and oxygen atoms in total. The average Bonchev–Trinajstić information content (AvgIpc) is 2.36. The van der Waals surface area contributed by atoms with E-state index in [4.69, 9.17) is 0 Å². The largest absolute Gasteiger partial charge is 1.00 e. The Morgan fingerprint density at radius 2 is 1.71 bits per heavy atom. The highest BCUT2D eigenvalue weighted by Crippen LogP contribution is 2.60. The molecule has 0 aliphatic carbocycles. The number of rotatable bonds is 6. The van der Waals surface area contributed by atoms with Crippen molar-refractivity contribution < 1.29 is 17.0 Å². The third kappa shape index (κ3) is 4.56. The lowest BCUT2D eigenvalue weighted by Crippen LogP contribution is -3.00. The van der Waals surface area contributed by atoms with Gasteiger partial charge in [-0.25, -0.2) is 0 Å². The van der Waals surface area contributed by atoms with Gasteiger partial charge in [0, 0.05) is 7.26 Å². The summed E-state index contributed by atoms with van der Waals surface area (Å²) in [5.41, 5.74) is 2.75. The molecule has 0 radical (unpaired) electrons. The molecule has 17 heavy (non-hydrogen) atoms. The predicted octanol–water partition coefficient (Wildman–Crippen LogP) is 1.91. The van der Waals surface area contributed by atoms with Crippen LogP contribution < -0.4 is 17.0 Å². The quantitative estimate of drug-likeness (QED) is 0.704. The van der Waals surface area contributed by atoms with E-state index in [1.165, 1.54) is 35.8 Å². The van der Waals surface area contributed by atoms with E-state index in [0.29, 0.717) is 0 Å². The molecule has 0 spiro atoms. The summed E-state index contributed by atoms with van der Waals surface area (Å²) in [5, 5.41) is 0. The Labute approximate surface area is 118 Å². The van der Waals surface area contributed by atoms with Gasteiger partial charge in [-0.15, -0.1) is 0 Å². The Morgan fingerprint density at radius 1 is 1.12 bits per heavy atom. The third-order valence-corrected chi connectivity index (χ3v) is 8.78. The number of hydrogen-bond donors (Lipinski definition) is 0. The maximum absolute atomic E-state index is 3.84. The summed E-state index contributed by atoms with van der Waals surface area (Å²) in [7, 11) is -0.725. The minimum Gasteiger partial charge on any atom is -1.00 e. The first-order valence-corrected chi connectivity index (χ1v) is 8.79. The van der Waals surface area contributed by atoms with E-state index in [-0.39, 0.29) is 17.0 Å². The summed E-state index contributed by atoms with van der Waals surface area (Å²) in [5.74, 6) is 0. The summed E-state index contributed by atoms with van der Waals surface area (Å²) in [6.07, 6.45) is 7.36. The highest BCUT2D eigenvalue weighted by atomic mass is 79.9. The summed E-state index contributed by atoms with van der Waals surface area (Å²) < 4.78 is 0. The average molecular weight is 315 g/mol. The number of benzene rings is 1. The molecule has 0 heterocycles. The standard InChI is InChI=1S/C15H24P.BrH/c1-5-14-10-9-11-15(12-14)13-16(6-2,7-3)8-4;/h5,9-12H,1,6-8,13H2,2-4H3;1H/q+1;/p-1. The van der Waals surface area contributed by atoms with Crippen molar-refractivity contribution in [2.75, 3.05) is 18.5 Å². The van der Waals surface area contributed by atoms with Crippen LogP contribution in [0.3, 0.4) is 0 Å². The van der Waals surface area contributed by atoms with Crippen LogP contribution in [0.2, 0.25) is 0 Å². The second kappa shape index (κ2) is 8.06. The van der Waals surface area contributed by atoms with Gasteiger partial charge >= 0.3 is 0 Å². The fourth-order valence-electron chi connectivity index (χ4n) is 2.21. The molecule has 0 bridgehead atoms. The molecule has 0 aromatic heterocycles. The molecule has 0 aliphatic heterocycles. The molecule has 0 amide bonds. The van der Waals surface area contributed by atoms with Crippen molar-refractivity contribution >= 4 is 13.3 Å². The van der Waals surface area contributed by atoms with E-state index >= 15 is 0 Å². The molecule has 0 N–H and O–H groups in total. The van der Waals surface area contributed by atoms with Gasteiger partial charge in [-0.05, 0) is 38.0 Å². The fraction of sp³-hybridized carbons (Fsp3) is 0.467. The van der Waals surface area contributed by atoms with Crippen molar-refractivity contribution in [3.05, 3.63) is 42.0 Å². The van der Waals surface area contributed by atoms with Crippen LogP contribution >= 0.6 is 7.26 Å². The van der Waals surface area contributed by atoms with Crippen LogP contribution in [-0.4, -0.2) is 18.5 Å². The summed E-state index contributed by atoms with van der Waals surface area (Å²) in [6.45, 7) is 10.9. The Bertz CT molecular complexity index is 334. The monoisotopic (exact) mass is 314 g/mol. The van der Waals surface area contributed by atoms with Gasteiger partial charge in [0.25, 0.3) is 0 Å². The molecule has 1 rings (SSSR count). The first-order valence-electron chi connectivity index (χ1n) is 6.26. The van der Waals surface area contributed by atoms with Crippen molar-refractivity contribution in [1.82, 2.24) is 0 Å². The molecule has 0 atom stereocenters. The van der Waals surface area contributed by atoms with E-state index in [1.807, 2.05) is 6.08 Å². The first kappa shape index (κ1) is 16.9. The Morgan fingerprint density at radius 3 is 2.18 bits per heavy atom. The van der Waals surface area contributed by atoms with Crippen molar-refractivity contribution in [1.29, 1.82) is 0 Å². The Kier molecular flexibility index (Phi) is 8.00. The van der Waals surface area contributed by atoms with Gasteiger partial charge in [0.05, 0.1) is 24.6 Å². The predicted molar refractivity (Wildman–Crippen MR) is 78.8 cm³/mol.